The number of methoxy groups -OCH3 is 1. The molecule has 11 heteroatoms. The fourth-order valence-electron chi connectivity index (χ4n) is 4.21. The van der Waals surface area contributed by atoms with Crippen LogP contribution in [0.1, 0.15) is 43.4 Å². The smallest absolute Gasteiger partial charge is 0.416 e. The molecule has 8 nitrogen and oxygen atoms in total. The second-order valence-corrected chi connectivity index (χ2v) is 8.78. The summed E-state index contributed by atoms with van der Waals surface area (Å²) in [6.45, 7) is 4.80. The number of nitriles is 1. The lowest BCUT2D eigenvalue weighted by atomic mass is 9.80. The molecule has 0 aromatic heterocycles. The second-order valence-electron chi connectivity index (χ2n) is 8.78. The maximum Gasteiger partial charge on any atom is 0.416 e. The maximum atomic E-state index is 13.6. The number of nitrogens with two attached hydrogens (primary N) is 1. The van der Waals surface area contributed by atoms with Crippen molar-refractivity contribution in [1.82, 2.24) is 0 Å². The van der Waals surface area contributed by atoms with Crippen molar-refractivity contribution in [3.8, 4) is 6.07 Å². The van der Waals surface area contributed by atoms with Crippen LogP contribution in [0.15, 0.2) is 71.2 Å². The van der Waals surface area contributed by atoms with Crippen molar-refractivity contribution in [2.45, 2.75) is 39.0 Å². The minimum Gasteiger partial charge on any atom is -0.466 e. The highest BCUT2D eigenvalue weighted by molar-refractivity contribution is 6.01. The van der Waals surface area contributed by atoms with Crippen molar-refractivity contribution in [3.05, 3.63) is 87.9 Å². The molecule has 1 unspecified atom stereocenters. The molecule has 0 amide bonds. The van der Waals surface area contributed by atoms with E-state index < -0.39 is 29.6 Å². The summed E-state index contributed by atoms with van der Waals surface area (Å²) < 4.78 is 57.0. The number of alkyl halides is 3. The van der Waals surface area contributed by atoms with Gasteiger partial charge in [0.05, 0.1) is 66.4 Å². The number of halogens is 3. The van der Waals surface area contributed by atoms with Crippen molar-refractivity contribution in [3.63, 3.8) is 0 Å². The third kappa shape index (κ3) is 6.23. The molecular formula is C28H28F3N3O5. The van der Waals surface area contributed by atoms with Crippen LogP contribution < -0.4 is 10.6 Å². The number of rotatable bonds is 8. The van der Waals surface area contributed by atoms with E-state index in [1.165, 1.54) is 29.2 Å². The van der Waals surface area contributed by atoms with E-state index >= 15 is 0 Å². The molecule has 206 valence electrons. The van der Waals surface area contributed by atoms with Crippen molar-refractivity contribution in [1.29, 1.82) is 5.26 Å². The summed E-state index contributed by atoms with van der Waals surface area (Å²) in [5.41, 5.74) is 6.14. The van der Waals surface area contributed by atoms with Crippen LogP contribution in [0.3, 0.4) is 0 Å². The first-order valence-corrected chi connectivity index (χ1v) is 12.0. The van der Waals surface area contributed by atoms with E-state index in [9.17, 15) is 28.0 Å². The molecule has 0 bridgehead atoms. The summed E-state index contributed by atoms with van der Waals surface area (Å²) in [6.07, 6.45) is -4.99. The predicted molar refractivity (Wildman–Crippen MR) is 136 cm³/mol. The monoisotopic (exact) mass is 543 g/mol. The van der Waals surface area contributed by atoms with Crippen LogP contribution in [-0.2, 0) is 30.0 Å². The zero-order chi connectivity index (χ0) is 28.9. The zero-order valence-electron chi connectivity index (χ0n) is 21.8. The molecule has 0 fully saturated rings. The first-order chi connectivity index (χ1) is 18.4. The van der Waals surface area contributed by atoms with E-state index in [0.29, 0.717) is 11.1 Å². The number of hydrogen-bond acceptors (Lipinski definition) is 8. The fraction of sp³-hybridized carbons (Fsp3) is 0.321. The predicted octanol–water partition coefficient (Wildman–Crippen LogP) is 4.77. The number of hydrogen-bond donors (Lipinski definition) is 1. The molecule has 3 rings (SSSR count). The molecule has 1 atom stereocenters. The molecule has 0 saturated heterocycles. The lowest BCUT2D eigenvalue weighted by Crippen LogP contribution is -2.41. The standard InChI is InChI=1S/C28H28F3N3O5/c1-5-38-27(36)24-22(18-11-9-17(14-32)10-12-18)23(26(35)37-4)21(15-39-16(2)3)34(25(24)33)20-8-6-7-19(13-20)28(29,30)31/h6-13,16,22H,5,15,33H2,1-4H3. The van der Waals surface area contributed by atoms with Gasteiger partial charge in [0.15, 0.2) is 0 Å². The third-order valence-corrected chi connectivity index (χ3v) is 5.93. The first-order valence-electron chi connectivity index (χ1n) is 12.0. The fourth-order valence-corrected chi connectivity index (χ4v) is 4.21. The van der Waals surface area contributed by atoms with Gasteiger partial charge in [0.25, 0.3) is 0 Å². The molecule has 1 heterocycles. The molecule has 1 aliphatic heterocycles. The zero-order valence-corrected chi connectivity index (χ0v) is 21.8. The van der Waals surface area contributed by atoms with Crippen LogP contribution in [0.5, 0.6) is 0 Å². The Morgan fingerprint density at radius 3 is 2.31 bits per heavy atom. The van der Waals surface area contributed by atoms with E-state index in [-0.39, 0.29) is 47.7 Å². The molecule has 2 N–H and O–H groups in total. The van der Waals surface area contributed by atoms with Gasteiger partial charge in [-0.2, -0.15) is 18.4 Å². The van der Waals surface area contributed by atoms with E-state index in [0.717, 1.165) is 19.2 Å². The third-order valence-electron chi connectivity index (χ3n) is 5.93. The number of ether oxygens (including phenoxy) is 3. The number of esters is 2. The van der Waals surface area contributed by atoms with Gasteiger partial charge < -0.3 is 19.9 Å². The Bertz CT molecular complexity index is 1340. The number of benzene rings is 2. The maximum absolute atomic E-state index is 13.6. The highest BCUT2D eigenvalue weighted by atomic mass is 19.4. The number of carbonyl (C=O) groups is 2. The normalized spacial score (nSPS) is 15.9. The quantitative estimate of drug-likeness (QED) is 0.474. The van der Waals surface area contributed by atoms with Gasteiger partial charge in [0.2, 0.25) is 0 Å². The van der Waals surface area contributed by atoms with Gasteiger partial charge in [-0.1, -0.05) is 18.2 Å². The largest absolute Gasteiger partial charge is 0.466 e. The lowest BCUT2D eigenvalue weighted by molar-refractivity contribution is -0.139. The van der Waals surface area contributed by atoms with Crippen LogP contribution in [0, 0.1) is 11.3 Å². The minimum atomic E-state index is -4.66. The Balaban J connectivity index is 2.42. The van der Waals surface area contributed by atoms with Gasteiger partial charge in [0, 0.05) is 5.69 Å². The van der Waals surface area contributed by atoms with Crippen LogP contribution in [0.2, 0.25) is 0 Å². The molecule has 0 spiro atoms. The molecule has 2 aromatic rings. The van der Waals surface area contributed by atoms with E-state index in [1.807, 2.05) is 6.07 Å². The minimum absolute atomic E-state index is 0.0279. The van der Waals surface area contributed by atoms with Crippen LogP contribution in [-0.4, -0.2) is 38.4 Å². The van der Waals surface area contributed by atoms with Gasteiger partial charge in [0.1, 0.15) is 5.82 Å². The SMILES string of the molecule is CCOC(=O)C1=C(N)N(c2cccc(C(F)(F)F)c2)C(COC(C)C)=C(C(=O)OC)C1c1ccc(C#N)cc1. The van der Waals surface area contributed by atoms with E-state index in [4.69, 9.17) is 19.9 Å². The van der Waals surface area contributed by atoms with E-state index in [1.54, 1.807) is 32.9 Å². The summed E-state index contributed by atoms with van der Waals surface area (Å²) in [6, 6.07) is 12.5. The highest BCUT2D eigenvalue weighted by Crippen LogP contribution is 2.44. The molecule has 1 aliphatic rings. The van der Waals surface area contributed by atoms with Gasteiger partial charge in [-0.25, -0.2) is 9.59 Å². The summed E-state index contributed by atoms with van der Waals surface area (Å²) in [4.78, 5) is 27.9. The number of anilines is 1. The topological polar surface area (TPSA) is 115 Å². The second kappa shape index (κ2) is 12.0. The first kappa shape index (κ1) is 29.3. The molecule has 39 heavy (non-hydrogen) atoms. The summed E-state index contributed by atoms with van der Waals surface area (Å²) in [7, 11) is 1.15. The van der Waals surface area contributed by atoms with Gasteiger partial charge in [-0.15, -0.1) is 0 Å². The van der Waals surface area contributed by atoms with Crippen molar-refractivity contribution in [2.24, 2.45) is 5.73 Å². The van der Waals surface area contributed by atoms with Crippen LogP contribution in [0.4, 0.5) is 18.9 Å². The highest BCUT2D eigenvalue weighted by Gasteiger charge is 2.43. The Kier molecular flexibility index (Phi) is 9.04. The molecular weight excluding hydrogens is 515 g/mol. The summed E-state index contributed by atoms with van der Waals surface area (Å²) >= 11 is 0. The Hall–Kier alpha value is -4.30. The number of nitrogens with zero attached hydrogens (tertiary/aromatic N) is 2. The summed E-state index contributed by atoms with van der Waals surface area (Å²) in [5.74, 6) is -3.08. The molecule has 0 radical (unpaired) electrons. The van der Waals surface area contributed by atoms with Gasteiger partial charge in [-0.3, -0.25) is 4.90 Å². The number of carbonyl (C=O) groups excluding carboxylic acids is 2. The Morgan fingerprint density at radius 2 is 1.77 bits per heavy atom. The Labute approximate surface area is 224 Å². The van der Waals surface area contributed by atoms with Crippen molar-refractivity contribution < 1.29 is 37.0 Å². The van der Waals surface area contributed by atoms with E-state index in [2.05, 4.69) is 0 Å². The lowest BCUT2D eigenvalue weighted by Gasteiger charge is -2.38. The van der Waals surface area contributed by atoms with Gasteiger partial charge >= 0.3 is 18.1 Å². The Morgan fingerprint density at radius 1 is 1.10 bits per heavy atom. The molecule has 2 aromatic carbocycles. The van der Waals surface area contributed by atoms with Crippen LogP contribution in [0.25, 0.3) is 0 Å². The average molecular weight is 544 g/mol. The average Bonchev–Trinajstić information content (AvgIpc) is 2.90. The van der Waals surface area contributed by atoms with Gasteiger partial charge in [-0.05, 0) is 56.7 Å². The van der Waals surface area contributed by atoms with Crippen molar-refractivity contribution >= 4 is 17.6 Å². The van der Waals surface area contributed by atoms with Crippen molar-refractivity contribution in [2.75, 3.05) is 25.2 Å². The summed E-state index contributed by atoms with van der Waals surface area (Å²) in [5, 5.41) is 9.23. The van der Waals surface area contributed by atoms with Crippen LogP contribution >= 0.6 is 0 Å². The molecule has 0 saturated carbocycles. The molecule has 0 aliphatic carbocycles.